The van der Waals surface area contributed by atoms with Crippen molar-refractivity contribution in [2.45, 2.75) is 6.92 Å². The van der Waals surface area contributed by atoms with Gasteiger partial charge >= 0.3 is 0 Å². The molecule has 0 bridgehead atoms. The maximum Gasteiger partial charge on any atom is 0.258 e. The van der Waals surface area contributed by atoms with E-state index in [4.69, 9.17) is 34.8 Å². The molecule has 2 heterocycles. The van der Waals surface area contributed by atoms with Crippen LogP contribution in [0.5, 0.6) is 0 Å². The normalized spacial score (nSPS) is 10.7. The second-order valence-electron chi connectivity index (χ2n) is 5.00. The summed E-state index contributed by atoms with van der Waals surface area (Å²) in [5.41, 5.74) is 2.45. The summed E-state index contributed by atoms with van der Waals surface area (Å²) in [6.07, 6.45) is 1.57. The maximum atomic E-state index is 12.4. The van der Waals surface area contributed by atoms with Gasteiger partial charge in [0.25, 0.3) is 5.91 Å². The minimum atomic E-state index is -0.384. The number of pyridine rings is 1. The van der Waals surface area contributed by atoms with Gasteiger partial charge in [-0.2, -0.15) is 0 Å². The van der Waals surface area contributed by atoms with E-state index in [0.29, 0.717) is 20.8 Å². The molecule has 0 spiro atoms. The molecular formula is C17H11Cl3N2OS. The second-order valence-corrected chi connectivity index (χ2v) is 7.30. The molecule has 3 rings (SSSR count). The fourth-order valence-electron chi connectivity index (χ4n) is 2.25. The third-order valence-corrected chi connectivity index (χ3v) is 5.37. The van der Waals surface area contributed by atoms with Gasteiger partial charge in [0.1, 0.15) is 0 Å². The number of hydrogen-bond acceptors (Lipinski definition) is 3. The van der Waals surface area contributed by atoms with Crippen molar-refractivity contribution in [3.63, 3.8) is 0 Å². The van der Waals surface area contributed by atoms with Gasteiger partial charge in [-0.15, -0.1) is 11.3 Å². The van der Waals surface area contributed by atoms with Gasteiger partial charge in [-0.25, -0.2) is 0 Å². The molecule has 24 heavy (non-hydrogen) atoms. The van der Waals surface area contributed by atoms with E-state index in [1.165, 1.54) is 0 Å². The average Bonchev–Trinajstić information content (AvgIpc) is 2.87. The lowest BCUT2D eigenvalue weighted by Crippen LogP contribution is -2.13. The molecule has 3 nitrogen and oxygen atoms in total. The molecular weight excluding hydrogens is 387 g/mol. The lowest BCUT2D eigenvalue weighted by atomic mass is 10.1. The number of carbonyl (C=O) groups excluding carboxylic acids is 1. The van der Waals surface area contributed by atoms with Crippen LogP contribution in [-0.4, -0.2) is 10.9 Å². The predicted octanol–water partition coefficient (Wildman–Crippen LogP) is 6.33. The zero-order valence-electron chi connectivity index (χ0n) is 12.4. The molecule has 0 radical (unpaired) electrons. The van der Waals surface area contributed by atoms with Gasteiger partial charge in [0.2, 0.25) is 0 Å². The molecule has 0 atom stereocenters. The first-order valence-corrected chi connectivity index (χ1v) is 8.94. The van der Waals surface area contributed by atoms with Crippen molar-refractivity contribution in [2.75, 3.05) is 5.32 Å². The van der Waals surface area contributed by atoms with Crippen LogP contribution < -0.4 is 5.32 Å². The van der Waals surface area contributed by atoms with E-state index in [9.17, 15) is 4.79 Å². The Morgan fingerprint density at radius 1 is 1.08 bits per heavy atom. The highest BCUT2D eigenvalue weighted by molar-refractivity contribution is 7.11. The molecule has 0 saturated carbocycles. The molecule has 3 aromatic rings. The number of thiophene rings is 1. The molecule has 122 valence electrons. The lowest BCUT2D eigenvalue weighted by Gasteiger charge is -2.09. The molecule has 7 heteroatoms. The van der Waals surface area contributed by atoms with Crippen LogP contribution in [0.2, 0.25) is 15.1 Å². The summed E-state index contributed by atoms with van der Waals surface area (Å²) in [6.45, 7) is 1.99. The van der Waals surface area contributed by atoms with Gasteiger partial charge in [-0.05, 0) is 31.2 Å². The van der Waals surface area contributed by atoms with Crippen molar-refractivity contribution >= 4 is 57.7 Å². The maximum absolute atomic E-state index is 12.4. The number of aromatic nitrogens is 1. The monoisotopic (exact) mass is 396 g/mol. The molecule has 0 saturated heterocycles. The Labute approximate surface area is 158 Å². The van der Waals surface area contributed by atoms with Crippen LogP contribution in [0, 0.1) is 6.92 Å². The molecule has 0 aliphatic carbocycles. The quantitative estimate of drug-likeness (QED) is 0.561. The van der Waals surface area contributed by atoms with Crippen molar-refractivity contribution in [1.29, 1.82) is 0 Å². The number of carbonyl (C=O) groups is 1. The molecule has 2 aromatic heterocycles. The SMILES string of the molecule is Cc1scc(Cl)c1-c1ccc(NC(=O)c2c(Cl)cccc2Cl)cn1. The summed E-state index contributed by atoms with van der Waals surface area (Å²) >= 11 is 19.8. The highest BCUT2D eigenvalue weighted by Gasteiger charge is 2.15. The molecule has 1 amide bonds. The van der Waals surface area contributed by atoms with Gasteiger partial charge in [0.15, 0.2) is 0 Å². The van der Waals surface area contributed by atoms with Crippen LogP contribution in [-0.2, 0) is 0 Å². The summed E-state index contributed by atoms with van der Waals surface area (Å²) in [7, 11) is 0. The molecule has 0 unspecified atom stereocenters. The van der Waals surface area contributed by atoms with Crippen molar-refractivity contribution in [1.82, 2.24) is 4.98 Å². The summed E-state index contributed by atoms with van der Waals surface area (Å²) in [5, 5.41) is 5.88. The van der Waals surface area contributed by atoms with Crippen molar-refractivity contribution in [2.24, 2.45) is 0 Å². The number of nitrogens with one attached hydrogen (secondary N) is 1. The number of anilines is 1. The number of aryl methyl sites for hydroxylation is 1. The Kier molecular flexibility index (Phi) is 5.11. The molecule has 1 aromatic carbocycles. The molecule has 0 fully saturated rings. The Balaban J connectivity index is 1.83. The standard InChI is InChI=1S/C17H11Cl3N2OS/c1-9-15(13(20)8-24-9)14-6-5-10(7-21-14)22-17(23)16-11(18)3-2-4-12(16)19/h2-8H,1H3,(H,22,23). The van der Waals surface area contributed by atoms with Gasteiger partial charge in [0.05, 0.1) is 38.2 Å². The number of hydrogen-bond donors (Lipinski definition) is 1. The summed E-state index contributed by atoms with van der Waals surface area (Å²) in [5.74, 6) is -0.384. The predicted molar refractivity (Wildman–Crippen MR) is 102 cm³/mol. The summed E-state index contributed by atoms with van der Waals surface area (Å²) in [4.78, 5) is 17.8. The van der Waals surface area contributed by atoms with Gasteiger partial charge in [-0.3, -0.25) is 9.78 Å². The summed E-state index contributed by atoms with van der Waals surface area (Å²) in [6, 6.07) is 8.49. The van der Waals surface area contributed by atoms with E-state index >= 15 is 0 Å². The molecule has 0 aliphatic heterocycles. The van der Waals surface area contributed by atoms with E-state index in [0.717, 1.165) is 16.1 Å². The smallest absolute Gasteiger partial charge is 0.258 e. The number of halogens is 3. The fraction of sp³-hybridized carbons (Fsp3) is 0.0588. The Hall–Kier alpha value is -1.59. The Morgan fingerprint density at radius 2 is 1.79 bits per heavy atom. The first-order valence-electron chi connectivity index (χ1n) is 6.92. The average molecular weight is 398 g/mol. The van der Waals surface area contributed by atoms with E-state index in [-0.39, 0.29) is 11.5 Å². The van der Waals surface area contributed by atoms with Crippen LogP contribution in [0.25, 0.3) is 11.3 Å². The first kappa shape index (κ1) is 17.2. The second kappa shape index (κ2) is 7.11. The number of rotatable bonds is 3. The molecule has 0 aliphatic rings. The van der Waals surface area contributed by atoms with Crippen LogP contribution >= 0.6 is 46.1 Å². The van der Waals surface area contributed by atoms with Crippen LogP contribution in [0.15, 0.2) is 41.9 Å². The largest absolute Gasteiger partial charge is 0.320 e. The van der Waals surface area contributed by atoms with Crippen molar-refractivity contribution < 1.29 is 4.79 Å². The van der Waals surface area contributed by atoms with Gasteiger partial charge < -0.3 is 5.32 Å². The van der Waals surface area contributed by atoms with Gasteiger partial charge in [-0.1, -0.05) is 40.9 Å². The van der Waals surface area contributed by atoms with E-state index < -0.39 is 0 Å². The van der Waals surface area contributed by atoms with Crippen LogP contribution in [0.1, 0.15) is 15.2 Å². The zero-order valence-corrected chi connectivity index (χ0v) is 15.5. The van der Waals surface area contributed by atoms with E-state index in [2.05, 4.69) is 10.3 Å². The molecule has 1 N–H and O–H groups in total. The number of benzene rings is 1. The van der Waals surface area contributed by atoms with E-state index in [1.54, 1.807) is 41.8 Å². The topological polar surface area (TPSA) is 42.0 Å². The minimum Gasteiger partial charge on any atom is -0.320 e. The van der Waals surface area contributed by atoms with Crippen molar-refractivity contribution in [3.05, 3.63) is 67.4 Å². The fourth-order valence-corrected chi connectivity index (χ4v) is 3.98. The van der Waals surface area contributed by atoms with Gasteiger partial charge in [0, 0.05) is 15.8 Å². The highest BCUT2D eigenvalue weighted by Crippen LogP contribution is 2.35. The van der Waals surface area contributed by atoms with Crippen LogP contribution in [0.4, 0.5) is 5.69 Å². The van der Waals surface area contributed by atoms with Crippen molar-refractivity contribution in [3.8, 4) is 11.3 Å². The Morgan fingerprint density at radius 3 is 2.33 bits per heavy atom. The minimum absolute atomic E-state index is 0.238. The number of amides is 1. The third-order valence-electron chi connectivity index (χ3n) is 3.40. The zero-order chi connectivity index (χ0) is 17.3. The summed E-state index contributed by atoms with van der Waals surface area (Å²) < 4.78 is 0. The third kappa shape index (κ3) is 3.42. The van der Waals surface area contributed by atoms with E-state index in [1.807, 2.05) is 18.4 Å². The highest BCUT2D eigenvalue weighted by atomic mass is 35.5. The number of nitrogens with zero attached hydrogens (tertiary/aromatic N) is 1. The lowest BCUT2D eigenvalue weighted by molar-refractivity contribution is 0.102. The van der Waals surface area contributed by atoms with Crippen LogP contribution in [0.3, 0.4) is 0 Å². The first-order chi connectivity index (χ1) is 11.5. The Bertz CT molecular complexity index is 867.